The van der Waals surface area contributed by atoms with Crippen molar-refractivity contribution in [2.24, 2.45) is 0 Å². The Labute approximate surface area is 176 Å². The van der Waals surface area contributed by atoms with Gasteiger partial charge in [-0.2, -0.15) is 5.26 Å². The Balaban J connectivity index is 1.75. The van der Waals surface area contributed by atoms with E-state index in [1.54, 1.807) is 0 Å². The molecule has 10 nitrogen and oxygen atoms in total. The van der Waals surface area contributed by atoms with Crippen molar-refractivity contribution >= 4 is 21.4 Å². The SMILES string of the molecule is COc1ncc(-c2cn3c(=O)ccnc3cn2)cc1NS(=O)(=O)c1ccc(C#N)cc1. The number of nitrogens with zero attached hydrogens (tertiary/aromatic N) is 5. The Morgan fingerprint density at radius 3 is 2.58 bits per heavy atom. The second-order valence-electron chi connectivity index (χ2n) is 6.31. The van der Waals surface area contributed by atoms with E-state index in [1.165, 1.54) is 72.7 Å². The molecule has 1 aromatic carbocycles. The minimum atomic E-state index is -3.98. The van der Waals surface area contributed by atoms with Gasteiger partial charge in [-0.15, -0.1) is 0 Å². The molecule has 0 atom stereocenters. The molecular weight excluding hydrogens is 420 g/mol. The van der Waals surface area contributed by atoms with Crippen molar-refractivity contribution in [2.75, 3.05) is 11.8 Å². The summed E-state index contributed by atoms with van der Waals surface area (Å²) in [4.78, 5) is 24.5. The van der Waals surface area contributed by atoms with E-state index in [1.807, 2.05) is 6.07 Å². The fraction of sp³-hybridized carbons (Fsp3) is 0.0500. The molecule has 1 N–H and O–H groups in total. The Kier molecular flexibility index (Phi) is 5.06. The van der Waals surface area contributed by atoms with Crippen LogP contribution >= 0.6 is 0 Å². The van der Waals surface area contributed by atoms with Gasteiger partial charge in [0, 0.05) is 30.2 Å². The number of sulfonamides is 1. The van der Waals surface area contributed by atoms with Crippen molar-refractivity contribution in [1.82, 2.24) is 19.4 Å². The van der Waals surface area contributed by atoms with Gasteiger partial charge in [-0.05, 0) is 30.3 Å². The third-order valence-electron chi connectivity index (χ3n) is 4.36. The summed E-state index contributed by atoms with van der Waals surface area (Å²) in [7, 11) is -2.61. The molecule has 0 spiro atoms. The number of hydrogen-bond donors (Lipinski definition) is 1. The first-order valence-electron chi connectivity index (χ1n) is 8.82. The Morgan fingerprint density at radius 1 is 1.10 bits per heavy atom. The molecule has 0 saturated heterocycles. The molecule has 0 saturated carbocycles. The van der Waals surface area contributed by atoms with Crippen LogP contribution in [0.4, 0.5) is 5.69 Å². The topological polar surface area (TPSA) is 139 Å². The van der Waals surface area contributed by atoms with Gasteiger partial charge >= 0.3 is 0 Å². The molecular formula is C20H14N6O4S. The zero-order valence-corrected chi connectivity index (χ0v) is 16.9. The molecule has 4 aromatic rings. The first kappa shape index (κ1) is 20.0. The molecule has 3 aromatic heterocycles. The summed E-state index contributed by atoms with van der Waals surface area (Å²) in [6.07, 6.45) is 5.77. The van der Waals surface area contributed by atoms with E-state index in [0.29, 0.717) is 22.5 Å². The second kappa shape index (κ2) is 7.85. The summed E-state index contributed by atoms with van der Waals surface area (Å²) in [5.41, 5.74) is 1.36. The van der Waals surface area contributed by atoms with Gasteiger partial charge in [0.2, 0.25) is 5.88 Å². The van der Waals surface area contributed by atoms with Gasteiger partial charge in [0.25, 0.3) is 15.6 Å². The highest BCUT2D eigenvalue weighted by Gasteiger charge is 2.18. The first-order chi connectivity index (χ1) is 14.9. The number of nitriles is 1. The Bertz CT molecular complexity index is 1490. The first-order valence-corrected chi connectivity index (χ1v) is 10.3. The fourth-order valence-corrected chi connectivity index (χ4v) is 3.88. The number of fused-ring (bicyclic) bond motifs is 1. The number of pyridine rings is 1. The molecule has 0 radical (unpaired) electrons. The number of anilines is 1. The average molecular weight is 434 g/mol. The highest BCUT2D eigenvalue weighted by molar-refractivity contribution is 7.92. The van der Waals surface area contributed by atoms with Crippen LogP contribution in [0, 0.1) is 11.3 Å². The number of rotatable bonds is 5. The Morgan fingerprint density at radius 2 is 1.87 bits per heavy atom. The van der Waals surface area contributed by atoms with Crippen LogP contribution in [0.2, 0.25) is 0 Å². The number of aromatic nitrogens is 4. The van der Waals surface area contributed by atoms with Crippen LogP contribution in [0.5, 0.6) is 5.88 Å². The molecule has 0 aliphatic carbocycles. The molecule has 154 valence electrons. The lowest BCUT2D eigenvalue weighted by molar-refractivity contribution is 0.400. The maximum atomic E-state index is 12.8. The summed E-state index contributed by atoms with van der Waals surface area (Å²) in [6.45, 7) is 0. The van der Waals surface area contributed by atoms with Crippen molar-refractivity contribution in [2.45, 2.75) is 4.90 Å². The number of ether oxygens (including phenoxy) is 1. The maximum Gasteiger partial charge on any atom is 0.262 e. The lowest BCUT2D eigenvalue weighted by Crippen LogP contribution is -2.14. The van der Waals surface area contributed by atoms with E-state index in [2.05, 4.69) is 19.7 Å². The zero-order valence-electron chi connectivity index (χ0n) is 16.1. The van der Waals surface area contributed by atoms with Crippen LogP contribution in [-0.4, -0.2) is 34.9 Å². The second-order valence-corrected chi connectivity index (χ2v) is 7.99. The van der Waals surface area contributed by atoms with Gasteiger partial charge in [-0.1, -0.05) is 0 Å². The third-order valence-corrected chi connectivity index (χ3v) is 5.74. The number of benzene rings is 1. The minimum absolute atomic E-state index is 0.0274. The van der Waals surface area contributed by atoms with Crippen molar-refractivity contribution < 1.29 is 13.2 Å². The molecule has 0 amide bonds. The summed E-state index contributed by atoms with van der Waals surface area (Å²) in [5, 5.41) is 8.89. The summed E-state index contributed by atoms with van der Waals surface area (Å²) >= 11 is 0. The van der Waals surface area contributed by atoms with Gasteiger partial charge in [-0.25, -0.2) is 18.4 Å². The molecule has 0 bridgehead atoms. The summed E-state index contributed by atoms with van der Waals surface area (Å²) < 4.78 is 34.5. The Hall–Kier alpha value is -4.30. The highest BCUT2D eigenvalue weighted by Crippen LogP contribution is 2.29. The number of nitrogens with one attached hydrogen (secondary N) is 1. The molecule has 3 heterocycles. The van der Waals surface area contributed by atoms with Crippen molar-refractivity contribution in [1.29, 1.82) is 5.26 Å². The number of hydrogen-bond acceptors (Lipinski definition) is 8. The lowest BCUT2D eigenvalue weighted by atomic mass is 10.2. The van der Waals surface area contributed by atoms with Crippen LogP contribution in [0.1, 0.15) is 5.56 Å². The molecule has 0 fully saturated rings. The van der Waals surface area contributed by atoms with Gasteiger partial charge in [0.1, 0.15) is 5.69 Å². The van der Waals surface area contributed by atoms with Crippen LogP contribution < -0.4 is 15.0 Å². The average Bonchev–Trinajstić information content (AvgIpc) is 2.79. The van der Waals surface area contributed by atoms with E-state index >= 15 is 0 Å². The van der Waals surface area contributed by atoms with Gasteiger partial charge in [0.15, 0.2) is 5.65 Å². The van der Waals surface area contributed by atoms with E-state index in [4.69, 9.17) is 10.00 Å². The minimum Gasteiger partial charge on any atom is -0.480 e. The quantitative estimate of drug-likeness (QED) is 0.502. The molecule has 11 heteroatoms. The third kappa shape index (κ3) is 3.92. The molecule has 31 heavy (non-hydrogen) atoms. The van der Waals surface area contributed by atoms with Crippen molar-refractivity contribution in [3.8, 4) is 23.2 Å². The van der Waals surface area contributed by atoms with Gasteiger partial charge in [0.05, 0.1) is 35.5 Å². The molecule has 0 unspecified atom stereocenters. The van der Waals surface area contributed by atoms with Gasteiger partial charge < -0.3 is 4.74 Å². The van der Waals surface area contributed by atoms with Crippen molar-refractivity contribution in [3.05, 3.63) is 77.1 Å². The maximum absolute atomic E-state index is 12.8. The number of methoxy groups -OCH3 is 1. The zero-order chi connectivity index (χ0) is 22.0. The molecule has 0 aliphatic heterocycles. The standard InChI is InChI=1S/C20H14N6O4S/c1-30-20-16(25-31(28,29)15-4-2-13(9-21)3-5-15)8-14(10-24-20)17-12-26-18(11-23-17)22-7-6-19(26)27/h2-8,10-12,25H,1H3. The van der Waals surface area contributed by atoms with E-state index in [-0.39, 0.29) is 22.0 Å². The fourth-order valence-electron chi connectivity index (χ4n) is 2.83. The summed E-state index contributed by atoms with van der Waals surface area (Å²) in [5.74, 6) is 0.0561. The van der Waals surface area contributed by atoms with E-state index < -0.39 is 10.0 Å². The predicted molar refractivity (Wildman–Crippen MR) is 111 cm³/mol. The predicted octanol–water partition coefficient (Wildman–Crippen LogP) is 1.83. The molecule has 0 aliphatic rings. The summed E-state index contributed by atoms with van der Waals surface area (Å²) in [6, 6.07) is 10.2. The van der Waals surface area contributed by atoms with Crippen LogP contribution in [0.25, 0.3) is 16.9 Å². The molecule has 4 rings (SSSR count). The van der Waals surface area contributed by atoms with Crippen molar-refractivity contribution in [3.63, 3.8) is 0 Å². The monoisotopic (exact) mass is 434 g/mol. The lowest BCUT2D eigenvalue weighted by Gasteiger charge is -2.13. The van der Waals surface area contributed by atoms with Gasteiger partial charge in [-0.3, -0.25) is 18.9 Å². The van der Waals surface area contributed by atoms with Crippen LogP contribution in [0.15, 0.2) is 70.9 Å². The normalized spacial score (nSPS) is 11.1. The van der Waals surface area contributed by atoms with Crippen LogP contribution in [-0.2, 0) is 10.0 Å². The highest BCUT2D eigenvalue weighted by atomic mass is 32.2. The van der Waals surface area contributed by atoms with E-state index in [0.717, 1.165) is 0 Å². The smallest absolute Gasteiger partial charge is 0.262 e. The largest absolute Gasteiger partial charge is 0.480 e. The van der Waals surface area contributed by atoms with Crippen LogP contribution in [0.3, 0.4) is 0 Å². The van der Waals surface area contributed by atoms with E-state index in [9.17, 15) is 13.2 Å².